The maximum atomic E-state index is 13.6. The van der Waals surface area contributed by atoms with Crippen LogP contribution in [0.25, 0.3) is 0 Å². The number of amides is 1. The number of anilines is 1. The molecule has 2 aliphatic rings. The van der Waals surface area contributed by atoms with Crippen LogP contribution in [0.2, 0.25) is 0 Å². The highest BCUT2D eigenvalue weighted by Gasteiger charge is 2.38. The van der Waals surface area contributed by atoms with Crippen LogP contribution in [0.15, 0.2) is 36.4 Å². The molecule has 2 aromatic carbocycles. The first-order valence-corrected chi connectivity index (χ1v) is 13.9. The Bertz CT molecular complexity index is 1190. The van der Waals surface area contributed by atoms with Gasteiger partial charge in [0, 0.05) is 50.2 Å². The summed E-state index contributed by atoms with van der Waals surface area (Å²) in [6.07, 6.45) is -5.21. The van der Waals surface area contributed by atoms with Crippen molar-refractivity contribution < 1.29 is 35.3 Å². The lowest BCUT2D eigenvalue weighted by Gasteiger charge is -2.32. The van der Waals surface area contributed by atoms with Gasteiger partial charge in [0.1, 0.15) is 0 Å². The molecule has 2 heterocycles. The lowest BCUT2D eigenvalue weighted by Crippen LogP contribution is -2.39. The van der Waals surface area contributed by atoms with Crippen molar-refractivity contribution in [2.24, 2.45) is 5.92 Å². The molecule has 0 bridgehead atoms. The van der Waals surface area contributed by atoms with Crippen molar-refractivity contribution in [2.45, 2.75) is 44.6 Å². The van der Waals surface area contributed by atoms with E-state index < -0.39 is 34.5 Å². The van der Waals surface area contributed by atoms with Gasteiger partial charge in [-0.05, 0) is 73.1 Å². The third kappa shape index (κ3) is 6.69. The van der Waals surface area contributed by atoms with Crippen LogP contribution in [-0.2, 0) is 36.3 Å². The van der Waals surface area contributed by atoms with Gasteiger partial charge in [-0.3, -0.25) is 4.79 Å². The first-order chi connectivity index (χ1) is 17.8. The van der Waals surface area contributed by atoms with Crippen molar-refractivity contribution >= 4 is 22.6 Å². The fourth-order valence-corrected chi connectivity index (χ4v) is 5.78. The number of alkyl halides is 6. The molecule has 1 saturated heterocycles. The first kappa shape index (κ1) is 28.4. The SMILES string of the molecule is CS(=O)N1CCC(CNC(=O)c2ccc3c(c2)CCCN3Cc2ccc(C(F)(F)F)cc2C(F)(F)F)CC1. The fraction of sp³-hybridized carbons (Fsp3) is 0.500. The van der Waals surface area contributed by atoms with Crippen LogP contribution in [0.1, 0.15) is 51.9 Å². The van der Waals surface area contributed by atoms with Gasteiger partial charge in [0.25, 0.3) is 5.91 Å². The molecule has 0 radical (unpaired) electrons. The topological polar surface area (TPSA) is 52.7 Å². The number of halogens is 6. The Balaban J connectivity index is 1.45. The van der Waals surface area contributed by atoms with Crippen molar-refractivity contribution in [3.63, 3.8) is 0 Å². The molecule has 1 atom stereocenters. The number of nitrogens with one attached hydrogen (secondary N) is 1. The van der Waals surface area contributed by atoms with Gasteiger partial charge in [-0.2, -0.15) is 26.3 Å². The maximum absolute atomic E-state index is 13.6. The van der Waals surface area contributed by atoms with E-state index in [-0.39, 0.29) is 24.1 Å². The number of benzene rings is 2. The Labute approximate surface area is 219 Å². The molecule has 5 nitrogen and oxygen atoms in total. The van der Waals surface area contributed by atoms with Crippen LogP contribution in [0, 0.1) is 5.92 Å². The second-order valence-corrected chi connectivity index (χ2v) is 11.1. The summed E-state index contributed by atoms with van der Waals surface area (Å²) in [5, 5.41) is 2.95. The average molecular weight is 562 g/mol. The number of fused-ring (bicyclic) bond motifs is 1. The molecule has 38 heavy (non-hydrogen) atoms. The lowest BCUT2D eigenvalue weighted by atomic mass is 9.96. The molecule has 0 spiro atoms. The quantitative estimate of drug-likeness (QED) is 0.480. The van der Waals surface area contributed by atoms with E-state index in [0.717, 1.165) is 24.5 Å². The highest BCUT2D eigenvalue weighted by atomic mass is 32.2. The summed E-state index contributed by atoms with van der Waals surface area (Å²) in [5.41, 5.74) is -0.953. The van der Waals surface area contributed by atoms with Crippen molar-refractivity contribution in [1.29, 1.82) is 0 Å². The monoisotopic (exact) mass is 561 g/mol. The molecule has 4 rings (SSSR count). The van der Waals surface area contributed by atoms with Crippen LogP contribution < -0.4 is 10.2 Å². The molecule has 1 N–H and O–H groups in total. The van der Waals surface area contributed by atoms with Crippen LogP contribution in [0.5, 0.6) is 0 Å². The van der Waals surface area contributed by atoms with E-state index in [0.29, 0.717) is 62.3 Å². The van der Waals surface area contributed by atoms with E-state index >= 15 is 0 Å². The maximum Gasteiger partial charge on any atom is 0.416 e. The van der Waals surface area contributed by atoms with Crippen LogP contribution >= 0.6 is 0 Å². The Hall–Kier alpha value is -2.60. The van der Waals surface area contributed by atoms with Gasteiger partial charge in [-0.25, -0.2) is 8.51 Å². The van der Waals surface area contributed by atoms with Gasteiger partial charge < -0.3 is 10.2 Å². The molecule has 1 unspecified atom stereocenters. The minimum absolute atomic E-state index is 0.166. The molecule has 1 amide bonds. The molecule has 0 aliphatic carbocycles. The van der Waals surface area contributed by atoms with Gasteiger partial charge >= 0.3 is 12.4 Å². The highest BCUT2D eigenvalue weighted by molar-refractivity contribution is 7.81. The van der Waals surface area contributed by atoms with E-state index in [1.165, 1.54) is 0 Å². The standard InChI is InChI=1S/C26H29F6N3O2S/c1-38(37)35-11-8-17(9-12-35)15-33-24(36)19-5-7-23-18(13-19)3-2-10-34(23)16-20-4-6-21(25(27,28)29)14-22(20)26(30,31)32/h4-7,13-14,17H,2-3,8-12,15-16H2,1H3,(H,33,36). The van der Waals surface area contributed by atoms with Crippen molar-refractivity contribution in [3.05, 3.63) is 64.2 Å². The zero-order chi connectivity index (χ0) is 27.7. The molecular weight excluding hydrogens is 532 g/mol. The van der Waals surface area contributed by atoms with Gasteiger partial charge in [0.15, 0.2) is 0 Å². The number of carbonyl (C=O) groups is 1. The third-order valence-corrected chi connectivity index (χ3v) is 8.24. The molecule has 0 saturated carbocycles. The zero-order valence-electron chi connectivity index (χ0n) is 20.8. The number of rotatable bonds is 6. The largest absolute Gasteiger partial charge is 0.416 e. The number of nitrogens with zero attached hydrogens (tertiary/aromatic N) is 2. The van der Waals surface area contributed by atoms with E-state index in [1.54, 1.807) is 29.4 Å². The average Bonchev–Trinajstić information content (AvgIpc) is 2.86. The Morgan fingerprint density at radius 1 is 1.00 bits per heavy atom. The van der Waals surface area contributed by atoms with Crippen molar-refractivity contribution in [2.75, 3.05) is 37.3 Å². The van der Waals surface area contributed by atoms with Crippen LogP contribution in [0.4, 0.5) is 32.0 Å². The zero-order valence-corrected chi connectivity index (χ0v) is 21.6. The summed E-state index contributed by atoms with van der Waals surface area (Å²) in [6, 6.07) is 6.78. The second kappa shape index (κ2) is 11.3. The van der Waals surface area contributed by atoms with Crippen molar-refractivity contribution in [1.82, 2.24) is 9.62 Å². The highest BCUT2D eigenvalue weighted by Crippen LogP contribution is 2.39. The predicted octanol–water partition coefficient (Wildman–Crippen LogP) is 5.41. The van der Waals surface area contributed by atoms with E-state index in [1.807, 2.05) is 4.31 Å². The van der Waals surface area contributed by atoms with Crippen LogP contribution in [-0.4, -0.2) is 46.9 Å². The predicted molar refractivity (Wildman–Crippen MR) is 133 cm³/mol. The van der Waals surface area contributed by atoms with Gasteiger partial charge in [0.2, 0.25) is 0 Å². The van der Waals surface area contributed by atoms with E-state index in [4.69, 9.17) is 0 Å². The van der Waals surface area contributed by atoms with Gasteiger partial charge in [0.05, 0.1) is 22.1 Å². The lowest BCUT2D eigenvalue weighted by molar-refractivity contribution is -0.143. The summed E-state index contributed by atoms with van der Waals surface area (Å²) >= 11 is 0. The Morgan fingerprint density at radius 2 is 1.71 bits per heavy atom. The van der Waals surface area contributed by atoms with Gasteiger partial charge in [-0.1, -0.05) is 6.07 Å². The number of carbonyl (C=O) groups excluding carboxylic acids is 1. The van der Waals surface area contributed by atoms with E-state index in [2.05, 4.69) is 5.32 Å². The summed E-state index contributed by atoms with van der Waals surface area (Å²) in [7, 11) is -0.997. The number of piperidine rings is 1. The number of hydrogen-bond acceptors (Lipinski definition) is 3. The minimum Gasteiger partial charge on any atom is -0.367 e. The smallest absolute Gasteiger partial charge is 0.367 e. The molecule has 1 fully saturated rings. The number of aryl methyl sites for hydroxylation is 1. The molecular formula is C26H29F6N3O2S. The second-order valence-electron chi connectivity index (χ2n) is 9.74. The third-order valence-electron chi connectivity index (χ3n) is 7.15. The summed E-state index contributed by atoms with van der Waals surface area (Å²) in [4.78, 5) is 14.5. The molecule has 0 aromatic heterocycles. The molecule has 208 valence electrons. The summed E-state index contributed by atoms with van der Waals surface area (Å²) in [5.74, 6) is 0.0481. The molecule has 12 heteroatoms. The first-order valence-electron chi connectivity index (χ1n) is 12.3. The molecule has 2 aliphatic heterocycles. The Morgan fingerprint density at radius 3 is 2.34 bits per heavy atom. The summed E-state index contributed by atoms with van der Waals surface area (Å²) in [6.45, 7) is 2.17. The van der Waals surface area contributed by atoms with Gasteiger partial charge in [-0.15, -0.1) is 0 Å². The summed E-state index contributed by atoms with van der Waals surface area (Å²) < 4.78 is 93.4. The number of hydrogen-bond donors (Lipinski definition) is 1. The van der Waals surface area contributed by atoms with Crippen molar-refractivity contribution in [3.8, 4) is 0 Å². The Kier molecular flexibility index (Phi) is 8.41. The van der Waals surface area contributed by atoms with Crippen LogP contribution in [0.3, 0.4) is 0 Å². The minimum atomic E-state index is -4.93. The van der Waals surface area contributed by atoms with E-state index in [9.17, 15) is 35.3 Å². The normalized spacial score (nSPS) is 18.2. The fourth-order valence-electron chi connectivity index (χ4n) is 5.05. The molecule has 2 aromatic rings.